The van der Waals surface area contributed by atoms with Gasteiger partial charge < -0.3 is 9.84 Å². The molecule has 0 unspecified atom stereocenters. The lowest BCUT2D eigenvalue weighted by molar-refractivity contribution is 0.0701. The molecule has 27 heavy (non-hydrogen) atoms. The molecular formula is C22H23NO3S. The second kappa shape index (κ2) is 7.53. The first-order valence-electron chi connectivity index (χ1n) is 8.77. The standard InChI is InChI=1S/C22H23NO3S/c1-14-19(21(24)25)27-20(23-14)16-7-5-15(6-8-16)13-26-18-11-9-17(10-12-18)22(2,3)4/h5-12H,13H2,1-4H3,(H,24,25). The Balaban J connectivity index is 1.66. The molecule has 0 saturated heterocycles. The normalized spacial score (nSPS) is 11.4. The minimum Gasteiger partial charge on any atom is -0.489 e. The predicted octanol–water partition coefficient (Wildman–Crippen LogP) is 5.69. The fourth-order valence-electron chi connectivity index (χ4n) is 2.68. The van der Waals surface area contributed by atoms with Crippen LogP contribution in [0, 0.1) is 6.92 Å². The Morgan fingerprint density at radius 1 is 1.07 bits per heavy atom. The number of carboxylic acids is 1. The van der Waals surface area contributed by atoms with Gasteiger partial charge >= 0.3 is 5.97 Å². The van der Waals surface area contributed by atoms with E-state index >= 15 is 0 Å². The van der Waals surface area contributed by atoms with Crippen molar-refractivity contribution in [2.45, 2.75) is 39.7 Å². The zero-order chi connectivity index (χ0) is 19.6. The molecule has 1 N–H and O–H groups in total. The molecule has 0 bridgehead atoms. The van der Waals surface area contributed by atoms with Crippen LogP contribution in [0.4, 0.5) is 0 Å². The third-order valence-corrected chi connectivity index (χ3v) is 5.51. The van der Waals surface area contributed by atoms with Gasteiger partial charge in [0.15, 0.2) is 0 Å². The summed E-state index contributed by atoms with van der Waals surface area (Å²) in [7, 11) is 0. The summed E-state index contributed by atoms with van der Waals surface area (Å²) in [6.45, 7) is 8.76. The van der Waals surface area contributed by atoms with Gasteiger partial charge in [-0.25, -0.2) is 9.78 Å². The molecule has 3 aromatic rings. The van der Waals surface area contributed by atoms with E-state index in [9.17, 15) is 4.79 Å². The number of carbonyl (C=O) groups is 1. The molecule has 0 aliphatic heterocycles. The first kappa shape index (κ1) is 19.1. The summed E-state index contributed by atoms with van der Waals surface area (Å²) in [5, 5.41) is 9.88. The highest BCUT2D eigenvalue weighted by atomic mass is 32.1. The first-order chi connectivity index (χ1) is 12.7. The van der Waals surface area contributed by atoms with Crippen LogP contribution >= 0.6 is 11.3 Å². The number of aryl methyl sites for hydroxylation is 1. The number of ether oxygens (including phenoxy) is 1. The highest BCUT2D eigenvalue weighted by molar-refractivity contribution is 7.17. The van der Waals surface area contributed by atoms with Crippen molar-refractivity contribution in [1.29, 1.82) is 0 Å². The number of benzene rings is 2. The molecule has 0 fully saturated rings. The lowest BCUT2D eigenvalue weighted by Gasteiger charge is -2.19. The van der Waals surface area contributed by atoms with Crippen molar-refractivity contribution in [2.24, 2.45) is 0 Å². The number of rotatable bonds is 5. The molecule has 0 amide bonds. The molecule has 0 saturated carbocycles. The molecule has 3 rings (SSSR count). The van der Waals surface area contributed by atoms with Gasteiger partial charge in [-0.05, 0) is 35.6 Å². The lowest BCUT2D eigenvalue weighted by Crippen LogP contribution is -2.10. The number of hydrogen-bond donors (Lipinski definition) is 1. The minimum atomic E-state index is -0.932. The van der Waals surface area contributed by atoms with E-state index in [1.54, 1.807) is 6.92 Å². The molecule has 1 heterocycles. The Morgan fingerprint density at radius 2 is 1.70 bits per heavy atom. The van der Waals surface area contributed by atoms with Crippen molar-refractivity contribution < 1.29 is 14.6 Å². The first-order valence-corrected chi connectivity index (χ1v) is 9.59. The molecule has 0 spiro atoms. The summed E-state index contributed by atoms with van der Waals surface area (Å²) in [5.74, 6) is -0.0903. The molecule has 140 valence electrons. The van der Waals surface area contributed by atoms with Crippen molar-refractivity contribution in [3.8, 4) is 16.3 Å². The van der Waals surface area contributed by atoms with Crippen molar-refractivity contribution in [3.05, 3.63) is 70.2 Å². The quantitative estimate of drug-likeness (QED) is 0.616. The summed E-state index contributed by atoms with van der Waals surface area (Å²) < 4.78 is 5.87. The number of aromatic nitrogens is 1. The van der Waals surface area contributed by atoms with Crippen LogP contribution in [0.3, 0.4) is 0 Å². The van der Waals surface area contributed by atoms with Gasteiger partial charge in [-0.2, -0.15) is 0 Å². The van der Waals surface area contributed by atoms with Crippen LogP contribution in [0.1, 0.15) is 47.3 Å². The Kier molecular flexibility index (Phi) is 5.33. The molecule has 1 aromatic heterocycles. The lowest BCUT2D eigenvalue weighted by atomic mass is 9.87. The molecule has 0 aliphatic rings. The number of nitrogens with zero attached hydrogens (tertiary/aromatic N) is 1. The molecule has 0 aliphatic carbocycles. The average molecular weight is 381 g/mol. The summed E-state index contributed by atoms with van der Waals surface area (Å²) in [4.78, 5) is 15.8. The van der Waals surface area contributed by atoms with Gasteiger partial charge in [-0.15, -0.1) is 11.3 Å². The maximum absolute atomic E-state index is 11.2. The van der Waals surface area contributed by atoms with Crippen LogP contribution in [0.15, 0.2) is 48.5 Å². The maximum atomic E-state index is 11.2. The van der Waals surface area contributed by atoms with Crippen LogP contribution < -0.4 is 4.74 Å². The molecule has 0 radical (unpaired) electrons. The van der Waals surface area contributed by atoms with E-state index in [2.05, 4.69) is 37.9 Å². The highest BCUT2D eigenvalue weighted by Gasteiger charge is 2.15. The highest BCUT2D eigenvalue weighted by Crippen LogP contribution is 2.28. The zero-order valence-electron chi connectivity index (χ0n) is 15.9. The minimum absolute atomic E-state index is 0.128. The molecular weight excluding hydrogens is 358 g/mol. The summed E-state index contributed by atoms with van der Waals surface area (Å²) in [5.41, 5.74) is 3.91. The van der Waals surface area contributed by atoms with Crippen LogP contribution in [0.2, 0.25) is 0 Å². The van der Waals surface area contributed by atoms with Crippen molar-refractivity contribution in [3.63, 3.8) is 0 Å². The fraction of sp³-hybridized carbons (Fsp3) is 0.273. The van der Waals surface area contributed by atoms with Crippen molar-refractivity contribution >= 4 is 17.3 Å². The Morgan fingerprint density at radius 3 is 2.22 bits per heavy atom. The Bertz CT molecular complexity index is 935. The third kappa shape index (κ3) is 4.55. The van der Waals surface area contributed by atoms with E-state index in [1.807, 2.05) is 36.4 Å². The van der Waals surface area contributed by atoms with Crippen molar-refractivity contribution in [2.75, 3.05) is 0 Å². The number of aromatic carboxylic acids is 1. The number of carboxylic acid groups (broad SMARTS) is 1. The SMILES string of the molecule is Cc1nc(-c2ccc(COc3ccc(C(C)(C)C)cc3)cc2)sc1C(=O)O. The molecule has 0 atom stereocenters. The largest absolute Gasteiger partial charge is 0.489 e. The van der Waals surface area contributed by atoms with Gasteiger partial charge in [0, 0.05) is 5.56 Å². The van der Waals surface area contributed by atoms with Gasteiger partial charge in [-0.3, -0.25) is 0 Å². The Labute approximate surface area is 163 Å². The van der Waals surface area contributed by atoms with Gasteiger partial charge in [-0.1, -0.05) is 57.2 Å². The van der Waals surface area contributed by atoms with E-state index in [4.69, 9.17) is 9.84 Å². The van der Waals surface area contributed by atoms with Crippen molar-refractivity contribution in [1.82, 2.24) is 4.98 Å². The van der Waals surface area contributed by atoms with Crippen LogP contribution in [-0.4, -0.2) is 16.1 Å². The molecule has 2 aromatic carbocycles. The van der Waals surface area contributed by atoms with E-state index in [0.717, 1.165) is 21.9 Å². The molecule has 5 heteroatoms. The fourth-order valence-corrected chi connectivity index (χ4v) is 3.59. The van der Waals surface area contributed by atoms with Gasteiger partial charge in [0.05, 0.1) is 5.69 Å². The van der Waals surface area contributed by atoms with Crippen LogP contribution in [0.5, 0.6) is 5.75 Å². The Hall–Kier alpha value is -2.66. The van der Waals surface area contributed by atoms with Crippen LogP contribution in [-0.2, 0) is 12.0 Å². The van der Waals surface area contributed by atoms with Gasteiger partial charge in [0.2, 0.25) is 0 Å². The van der Waals surface area contributed by atoms with Gasteiger partial charge in [0.1, 0.15) is 22.2 Å². The van der Waals surface area contributed by atoms with Gasteiger partial charge in [0.25, 0.3) is 0 Å². The number of thiazole rings is 1. The monoisotopic (exact) mass is 381 g/mol. The van der Waals surface area contributed by atoms with E-state index in [-0.39, 0.29) is 10.3 Å². The zero-order valence-corrected chi connectivity index (χ0v) is 16.8. The van der Waals surface area contributed by atoms with E-state index < -0.39 is 5.97 Å². The second-order valence-corrected chi connectivity index (χ2v) is 8.50. The molecule has 4 nitrogen and oxygen atoms in total. The van der Waals surface area contributed by atoms with E-state index in [1.165, 1.54) is 16.9 Å². The van der Waals surface area contributed by atoms with Crippen LogP contribution in [0.25, 0.3) is 10.6 Å². The predicted molar refractivity (Wildman–Crippen MR) is 109 cm³/mol. The number of hydrogen-bond acceptors (Lipinski definition) is 4. The topological polar surface area (TPSA) is 59.4 Å². The smallest absolute Gasteiger partial charge is 0.347 e. The second-order valence-electron chi connectivity index (χ2n) is 7.50. The summed E-state index contributed by atoms with van der Waals surface area (Å²) in [6, 6.07) is 16.1. The third-order valence-electron chi connectivity index (χ3n) is 4.32. The summed E-state index contributed by atoms with van der Waals surface area (Å²) >= 11 is 1.20. The average Bonchev–Trinajstić information content (AvgIpc) is 3.02. The summed E-state index contributed by atoms with van der Waals surface area (Å²) in [6.07, 6.45) is 0. The van der Waals surface area contributed by atoms with E-state index in [0.29, 0.717) is 12.3 Å². The maximum Gasteiger partial charge on any atom is 0.347 e.